The third kappa shape index (κ3) is 4.28. The molecule has 2 N–H and O–H groups in total. The lowest BCUT2D eigenvalue weighted by atomic mass is 10.1. The molecule has 0 bridgehead atoms. The zero-order chi connectivity index (χ0) is 16.9. The Labute approximate surface area is 142 Å². The van der Waals surface area contributed by atoms with Gasteiger partial charge in [0.2, 0.25) is 6.79 Å². The van der Waals surface area contributed by atoms with E-state index in [1.54, 1.807) is 0 Å². The Bertz CT molecular complexity index is 703. The standard InChI is InChI=1S/C18H24N4O2/c1-12(2)6-7-19-17-9-18(22-13(3)21-17)20-10-14-4-5-15-16(8-14)24-11-23-15/h4-5,8-9,12H,6-7,10-11H2,1-3H3,(H2,19,20,21,22). The number of hydrogen-bond acceptors (Lipinski definition) is 6. The molecule has 3 rings (SSSR count). The molecule has 128 valence electrons. The molecule has 0 amide bonds. The van der Waals surface area contributed by atoms with Crippen LogP contribution in [0.15, 0.2) is 24.3 Å². The fourth-order valence-corrected chi connectivity index (χ4v) is 2.48. The number of hydrogen-bond donors (Lipinski definition) is 2. The number of nitrogens with zero attached hydrogens (tertiary/aromatic N) is 2. The molecule has 0 saturated heterocycles. The van der Waals surface area contributed by atoms with Crippen LogP contribution in [0.2, 0.25) is 0 Å². The number of nitrogens with one attached hydrogen (secondary N) is 2. The minimum Gasteiger partial charge on any atom is -0.454 e. The van der Waals surface area contributed by atoms with Gasteiger partial charge >= 0.3 is 0 Å². The highest BCUT2D eigenvalue weighted by Gasteiger charge is 2.13. The maximum absolute atomic E-state index is 5.41. The lowest BCUT2D eigenvalue weighted by Crippen LogP contribution is -2.09. The molecule has 0 spiro atoms. The summed E-state index contributed by atoms with van der Waals surface area (Å²) in [5.74, 6) is 4.68. The normalized spacial score (nSPS) is 12.5. The van der Waals surface area contributed by atoms with Crippen molar-refractivity contribution in [1.82, 2.24) is 9.97 Å². The molecular weight excluding hydrogens is 304 g/mol. The van der Waals surface area contributed by atoms with E-state index >= 15 is 0 Å². The van der Waals surface area contributed by atoms with E-state index in [0.717, 1.165) is 47.5 Å². The summed E-state index contributed by atoms with van der Waals surface area (Å²) in [5.41, 5.74) is 1.12. The molecule has 2 aromatic rings. The summed E-state index contributed by atoms with van der Waals surface area (Å²) in [5, 5.41) is 6.71. The van der Waals surface area contributed by atoms with E-state index in [0.29, 0.717) is 19.3 Å². The van der Waals surface area contributed by atoms with E-state index in [9.17, 15) is 0 Å². The van der Waals surface area contributed by atoms with Crippen LogP contribution in [0.1, 0.15) is 31.7 Å². The van der Waals surface area contributed by atoms with E-state index in [1.165, 1.54) is 0 Å². The van der Waals surface area contributed by atoms with Gasteiger partial charge in [-0.15, -0.1) is 0 Å². The van der Waals surface area contributed by atoms with Gasteiger partial charge in [0.25, 0.3) is 0 Å². The van der Waals surface area contributed by atoms with Crippen molar-refractivity contribution in [2.24, 2.45) is 5.92 Å². The number of anilines is 2. The van der Waals surface area contributed by atoms with Gasteiger partial charge in [0, 0.05) is 19.2 Å². The second-order valence-electron chi connectivity index (χ2n) is 6.34. The third-order valence-corrected chi connectivity index (χ3v) is 3.78. The Hall–Kier alpha value is -2.50. The minimum absolute atomic E-state index is 0.294. The molecule has 0 fully saturated rings. The molecule has 0 saturated carbocycles. The molecule has 0 unspecified atom stereocenters. The van der Waals surface area contributed by atoms with Gasteiger partial charge in [-0.1, -0.05) is 19.9 Å². The first-order valence-corrected chi connectivity index (χ1v) is 8.32. The van der Waals surface area contributed by atoms with Crippen molar-refractivity contribution in [2.75, 3.05) is 24.0 Å². The molecule has 2 heterocycles. The highest BCUT2D eigenvalue weighted by atomic mass is 16.7. The van der Waals surface area contributed by atoms with E-state index in [1.807, 2.05) is 31.2 Å². The van der Waals surface area contributed by atoms with Crippen molar-refractivity contribution in [3.05, 3.63) is 35.7 Å². The van der Waals surface area contributed by atoms with Gasteiger partial charge in [-0.3, -0.25) is 0 Å². The number of ether oxygens (including phenoxy) is 2. The van der Waals surface area contributed by atoms with E-state index < -0.39 is 0 Å². The molecule has 0 atom stereocenters. The number of benzene rings is 1. The summed E-state index contributed by atoms with van der Waals surface area (Å²) in [6.07, 6.45) is 1.11. The highest BCUT2D eigenvalue weighted by molar-refractivity contribution is 5.49. The van der Waals surface area contributed by atoms with Crippen LogP contribution < -0.4 is 20.1 Å². The van der Waals surface area contributed by atoms with Crippen LogP contribution in [0.4, 0.5) is 11.6 Å². The Kier molecular flexibility index (Phi) is 5.03. The SMILES string of the molecule is Cc1nc(NCCC(C)C)cc(NCc2ccc3c(c2)OCO3)n1. The molecular formula is C18H24N4O2. The summed E-state index contributed by atoms with van der Waals surface area (Å²) in [6.45, 7) is 8.20. The van der Waals surface area contributed by atoms with E-state index in [2.05, 4.69) is 34.4 Å². The molecule has 24 heavy (non-hydrogen) atoms. The summed E-state index contributed by atoms with van der Waals surface area (Å²) in [7, 11) is 0. The topological polar surface area (TPSA) is 68.3 Å². The predicted octanol–water partition coefficient (Wildman–Crippen LogP) is 3.58. The second kappa shape index (κ2) is 7.38. The molecule has 6 nitrogen and oxygen atoms in total. The quantitative estimate of drug-likeness (QED) is 0.809. The first-order valence-electron chi connectivity index (χ1n) is 8.32. The zero-order valence-corrected chi connectivity index (χ0v) is 14.4. The van der Waals surface area contributed by atoms with Crippen molar-refractivity contribution >= 4 is 11.6 Å². The Morgan fingerprint density at radius 3 is 2.58 bits per heavy atom. The molecule has 0 radical (unpaired) electrons. The van der Waals surface area contributed by atoms with Gasteiger partial charge in [0.1, 0.15) is 17.5 Å². The van der Waals surface area contributed by atoms with Crippen LogP contribution in [0.25, 0.3) is 0 Å². The predicted molar refractivity (Wildman–Crippen MR) is 94.6 cm³/mol. The smallest absolute Gasteiger partial charge is 0.231 e. The second-order valence-corrected chi connectivity index (χ2v) is 6.34. The maximum atomic E-state index is 5.41. The summed E-state index contributed by atoms with van der Waals surface area (Å²) in [4.78, 5) is 8.88. The Balaban J connectivity index is 1.61. The third-order valence-electron chi connectivity index (χ3n) is 3.78. The molecule has 0 aliphatic carbocycles. The number of rotatable bonds is 7. The average molecular weight is 328 g/mol. The molecule has 1 aliphatic heterocycles. The van der Waals surface area contributed by atoms with Gasteiger partial charge in [-0.25, -0.2) is 9.97 Å². The first-order chi connectivity index (χ1) is 11.6. The fourth-order valence-electron chi connectivity index (χ4n) is 2.48. The van der Waals surface area contributed by atoms with Gasteiger partial charge in [-0.05, 0) is 37.0 Å². The van der Waals surface area contributed by atoms with E-state index in [4.69, 9.17) is 9.47 Å². The van der Waals surface area contributed by atoms with Crippen LogP contribution in [0.3, 0.4) is 0 Å². The number of aryl methyl sites for hydroxylation is 1. The lowest BCUT2D eigenvalue weighted by molar-refractivity contribution is 0.174. The fraction of sp³-hybridized carbons (Fsp3) is 0.444. The largest absolute Gasteiger partial charge is 0.454 e. The summed E-state index contributed by atoms with van der Waals surface area (Å²) >= 11 is 0. The van der Waals surface area contributed by atoms with Crippen LogP contribution in [0, 0.1) is 12.8 Å². The van der Waals surface area contributed by atoms with Crippen molar-refractivity contribution in [1.29, 1.82) is 0 Å². The van der Waals surface area contributed by atoms with Crippen LogP contribution >= 0.6 is 0 Å². The Morgan fingerprint density at radius 2 is 1.79 bits per heavy atom. The minimum atomic E-state index is 0.294. The monoisotopic (exact) mass is 328 g/mol. The van der Waals surface area contributed by atoms with Gasteiger partial charge in [0.15, 0.2) is 11.5 Å². The summed E-state index contributed by atoms with van der Waals surface area (Å²) in [6, 6.07) is 7.89. The zero-order valence-electron chi connectivity index (χ0n) is 14.4. The summed E-state index contributed by atoms with van der Waals surface area (Å²) < 4.78 is 10.7. The van der Waals surface area contributed by atoms with Crippen LogP contribution in [-0.2, 0) is 6.54 Å². The molecule has 6 heteroatoms. The Morgan fingerprint density at radius 1 is 1.04 bits per heavy atom. The average Bonchev–Trinajstić information content (AvgIpc) is 3.00. The van der Waals surface area contributed by atoms with Crippen molar-refractivity contribution in [3.8, 4) is 11.5 Å². The maximum Gasteiger partial charge on any atom is 0.231 e. The number of fused-ring (bicyclic) bond motifs is 1. The highest BCUT2D eigenvalue weighted by Crippen LogP contribution is 2.32. The van der Waals surface area contributed by atoms with Crippen LogP contribution in [-0.4, -0.2) is 23.3 Å². The van der Waals surface area contributed by atoms with Gasteiger partial charge < -0.3 is 20.1 Å². The molecule has 1 aromatic carbocycles. The van der Waals surface area contributed by atoms with Crippen molar-refractivity contribution in [3.63, 3.8) is 0 Å². The lowest BCUT2D eigenvalue weighted by Gasteiger charge is -2.11. The van der Waals surface area contributed by atoms with E-state index in [-0.39, 0.29) is 0 Å². The van der Waals surface area contributed by atoms with Gasteiger partial charge in [0.05, 0.1) is 0 Å². The van der Waals surface area contributed by atoms with Crippen molar-refractivity contribution < 1.29 is 9.47 Å². The molecule has 1 aliphatic rings. The molecule has 1 aromatic heterocycles. The van der Waals surface area contributed by atoms with Crippen molar-refractivity contribution in [2.45, 2.75) is 33.7 Å². The van der Waals surface area contributed by atoms with Gasteiger partial charge in [-0.2, -0.15) is 0 Å². The number of aromatic nitrogens is 2. The van der Waals surface area contributed by atoms with Crippen LogP contribution in [0.5, 0.6) is 11.5 Å². The first kappa shape index (κ1) is 16.4.